The van der Waals surface area contributed by atoms with Crippen molar-refractivity contribution < 1.29 is 31.4 Å². The van der Waals surface area contributed by atoms with Crippen molar-refractivity contribution in [3.05, 3.63) is 47.7 Å². The molecule has 4 aliphatic heterocycles. The SMILES string of the molecule is C#Cc1c(F)ccc2cc(O)cc(-c3ncc4c(N5CC6CCC(C5)N6S(C)(=O)=O)nc(OC[C@@]56CCCN5C[C@H](F)C6)nc4c3F)c12. The number of terminal acetylenes is 1. The van der Waals surface area contributed by atoms with Gasteiger partial charge >= 0.3 is 6.01 Å². The number of halogens is 3. The van der Waals surface area contributed by atoms with Crippen molar-refractivity contribution in [2.75, 3.05) is 43.9 Å². The van der Waals surface area contributed by atoms with E-state index in [1.54, 1.807) is 4.31 Å². The third-order valence-corrected chi connectivity index (χ3v) is 11.8. The Morgan fingerprint density at radius 3 is 2.65 bits per heavy atom. The zero-order valence-corrected chi connectivity index (χ0v) is 27.0. The van der Waals surface area contributed by atoms with Crippen LogP contribution in [0.5, 0.6) is 11.8 Å². The van der Waals surface area contributed by atoms with Crippen LogP contribution in [0.2, 0.25) is 0 Å². The van der Waals surface area contributed by atoms with Crippen LogP contribution in [0.4, 0.5) is 19.0 Å². The molecule has 48 heavy (non-hydrogen) atoms. The Hall–Kier alpha value is -4.19. The van der Waals surface area contributed by atoms with E-state index in [-0.39, 0.29) is 63.6 Å². The molecule has 8 rings (SSSR count). The highest BCUT2D eigenvalue weighted by Gasteiger charge is 2.50. The molecule has 4 fully saturated rings. The van der Waals surface area contributed by atoms with Gasteiger partial charge in [0.05, 0.1) is 22.7 Å². The molecule has 2 unspecified atom stereocenters. The van der Waals surface area contributed by atoms with E-state index < -0.39 is 33.4 Å². The average Bonchev–Trinajstić information content (AvgIpc) is 3.67. The number of hydrogen-bond acceptors (Lipinski definition) is 9. The third-order valence-electron chi connectivity index (χ3n) is 10.4. The molecule has 4 saturated heterocycles. The van der Waals surface area contributed by atoms with Gasteiger partial charge in [0.15, 0.2) is 5.82 Å². The molecule has 6 heterocycles. The van der Waals surface area contributed by atoms with Gasteiger partial charge in [-0.05, 0) is 55.8 Å². The summed E-state index contributed by atoms with van der Waals surface area (Å²) in [5.41, 5.74) is -0.850. The zero-order chi connectivity index (χ0) is 33.5. The van der Waals surface area contributed by atoms with Gasteiger partial charge in [0.1, 0.15) is 41.4 Å². The first-order chi connectivity index (χ1) is 23.0. The topological polar surface area (TPSA) is 112 Å². The van der Waals surface area contributed by atoms with Gasteiger partial charge in [-0.1, -0.05) is 12.0 Å². The van der Waals surface area contributed by atoms with Crippen molar-refractivity contribution in [1.29, 1.82) is 0 Å². The smallest absolute Gasteiger partial charge is 0.319 e. The molecule has 4 atom stereocenters. The van der Waals surface area contributed by atoms with E-state index in [0.717, 1.165) is 19.4 Å². The first kappa shape index (κ1) is 31.1. The molecule has 10 nitrogen and oxygen atoms in total. The molecule has 0 amide bonds. The minimum atomic E-state index is -3.44. The summed E-state index contributed by atoms with van der Waals surface area (Å²) in [4.78, 5) is 17.7. The van der Waals surface area contributed by atoms with E-state index in [9.17, 15) is 22.3 Å². The van der Waals surface area contributed by atoms with Crippen LogP contribution >= 0.6 is 0 Å². The summed E-state index contributed by atoms with van der Waals surface area (Å²) in [6, 6.07) is 4.64. The zero-order valence-electron chi connectivity index (χ0n) is 26.2. The fourth-order valence-corrected chi connectivity index (χ4v) is 9.92. The molecule has 0 aliphatic carbocycles. The molecule has 2 aromatic heterocycles. The summed E-state index contributed by atoms with van der Waals surface area (Å²) >= 11 is 0. The Morgan fingerprint density at radius 1 is 1.15 bits per heavy atom. The number of sulfonamides is 1. The molecule has 4 aliphatic rings. The van der Waals surface area contributed by atoms with Gasteiger partial charge in [-0.25, -0.2) is 21.6 Å². The number of phenolic OH excluding ortho intramolecular Hbond substituents is 1. The van der Waals surface area contributed by atoms with Crippen LogP contribution < -0.4 is 9.64 Å². The molecule has 0 radical (unpaired) electrons. The van der Waals surface area contributed by atoms with Crippen molar-refractivity contribution in [2.24, 2.45) is 0 Å². The Morgan fingerprint density at radius 2 is 1.92 bits per heavy atom. The number of nitrogens with zero attached hydrogens (tertiary/aromatic N) is 6. The molecule has 1 N–H and O–H groups in total. The van der Waals surface area contributed by atoms with Crippen molar-refractivity contribution in [3.63, 3.8) is 0 Å². The number of aromatic nitrogens is 3. The maximum Gasteiger partial charge on any atom is 0.319 e. The maximum absolute atomic E-state index is 16.9. The maximum atomic E-state index is 16.9. The predicted molar refractivity (Wildman–Crippen MR) is 174 cm³/mol. The number of hydrogen-bond donors (Lipinski definition) is 1. The lowest BCUT2D eigenvalue weighted by Crippen LogP contribution is -2.55. The number of phenols is 1. The molecule has 2 bridgehead atoms. The van der Waals surface area contributed by atoms with E-state index in [1.807, 2.05) is 4.90 Å². The van der Waals surface area contributed by atoms with Crippen molar-refractivity contribution >= 4 is 37.5 Å². The van der Waals surface area contributed by atoms with E-state index in [1.165, 1.54) is 36.7 Å². The van der Waals surface area contributed by atoms with E-state index in [0.29, 0.717) is 50.1 Å². The molecule has 14 heteroatoms. The molecule has 0 spiro atoms. The summed E-state index contributed by atoms with van der Waals surface area (Å²) in [5, 5.41) is 11.4. The van der Waals surface area contributed by atoms with Crippen molar-refractivity contribution in [2.45, 2.75) is 55.9 Å². The molecule has 2 aromatic carbocycles. The van der Waals surface area contributed by atoms with Gasteiger partial charge in [-0.2, -0.15) is 14.3 Å². The van der Waals surface area contributed by atoms with Gasteiger partial charge in [-0.15, -0.1) is 6.42 Å². The number of alkyl halides is 1. The number of pyridine rings is 1. The Balaban J connectivity index is 1.27. The number of piperazine rings is 1. The monoisotopic (exact) mass is 678 g/mol. The normalized spacial score (nSPS) is 26.0. The minimum Gasteiger partial charge on any atom is -0.508 e. The number of benzene rings is 2. The predicted octanol–water partition coefficient (Wildman–Crippen LogP) is 4.38. The first-order valence-corrected chi connectivity index (χ1v) is 17.8. The van der Waals surface area contributed by atoms with Gasteiger partial charge < -0.3 is 14.7 Å². The summed E-state index contributed by atoms with van der Waals surface area (Å²) in [6.07, 6.45) is 10.7. The number of aromatic hydroxyl groups is 1. The summed E-state index contributed by atoms with van der Waals surface area (Å²) in [7, 11) is -3.44. The second-order valence-corrected chi connectivity index (χ2v) is 15.3. The van der Waals surface area contributed by atoms with Crippen LogP contribution in [0.3, 0.4) is 0 Å². The van der Waals surface area contributed by atoms with Crippen LogP contribution in [0.1, 0.15) is 37.7 Å². The minimum absolute atomic E-state index is 0.0831. The largest absolute Gasteiger partial charge is 0.508 e. The molecular formula is C34H33F3N6O4S. The molecular weight excluding hydrogens is 645 g/mol. The van der Waals surface area contributed by atoms with Crippen LogP contribution in [0, 0.1) is 24.0 Å². The average molecular weight is 679 g/mol. The molecule has 4 aromatic rings. The van der Waals surface area contributed by atoms with Crippen LogP contribution in [0.25, 0.3) is 32.9 Å². The van der Waals surface area contributed by atoms with E-state index in [4.69, 9.17) is 16.1 Å². The van der Waals surface area contributed by atoms with E-state index >= 15 is 4.39 Å². The fourth-order valence-electron chi connectivity index (χ4n) is 8.49. The van der Waals surface area contributed by atoms with Gasteiger partial charge in [-0.3, -0.25) is 9.88 Å². The fraction of sp³-hybridized carbons (Fsp3) is 0.441. The molecule has 250 valence electrons. The lowest BCUT2D eigenvalue weighted by molar-refractivity contribution is 0.107. The van der Waals surface area contributed by atoms with Crippen molar-refractivity contribution in [1.82, 2.24) is 24.2 Å². The highest BCUT2D eigenvalue weighted by atomic mass is 32.2. The summed E-state index contributed by atoms with van der Waals surface area (Å²) in [6.45, 7) is 1.86. The van der Waals surface area contributed by atoms with E-state index in [2.05, 4.69) is 20.8 Å². The van der Waals surface area contributed by atoms with Gasteiger partial charge in [0.25, 0.3) is 0 Å². The van der Waals surface area contributed by atoms with Crippen LogP contribution in [-0.2, 0) is 10.0 Å². The number of rotatable bonds is 6. The Kier molecular flexibility index (Phi) is 7.24. The van der Waals surface area contributed by atoms with Gasteiger partial charge in [0.2, 0.25) is 10.0 Å². The summed E-state index contributed by atoms with van der Waals surface area (Å²) < 4.78 is 79.2. The summed E-state index contributed by atoms with van der Waals surface area (Å²) in [5.74, 6) is 0.953. The van der Waals surface area contributed by atoms with Crippen LogP contribution in [-0.4, -0.2) is 101 Å². The molecule has 0 saturated carbocycles. The lowest BCUT2D eigenvalue weighted by Gasteiger charge is -2.40. The second-order valence-electron chi connectivity index (χ2n) is 13.4. The standard InChI is InChI=1S/C34H33F3N6O4S/c1-3-24-27(36)8-5-19-11-23(44)12-25(28(19)24)30-29(37)31-26(14-38-30)32(41-16-21-6-7-22(17-41)43(21)48(2,45)46)40-33(39-31)47-18-34-9-4-10-42(34)15-20(35)13-34/h1,5,8,11-12,14,20-22,44H,4,6-7,9-10,13,15-18H2,2H3/t20-,21?,22?,34+/m1/s1. The van der Waals surface area contributed by atoms with Crippen LogP contribution in [0.15, 0.2) is 30.5 Å². The van der Waals surface area contributed by atoms with Gasteiger partial charge in [0, 0.05) is 55.3 Å². The number of fused-ring (bicyclic) bond motifs is 5. The van der Waals surface area contributed by atoms with Crippen molar-refractivity contribution in [3.8, 4) is 35.4 Å². The highest BCUT2D eigenvalue weighted by molar-refractivity contribution is 7.88. The third kappa shape index (κ3) is 4.93. The Labute approximate surface area is 275 Å². The highest BCUT2D eigenvalue weighted by Crippen LogP contribution is 2.42. The lowest BCUT2D eigenvalue weighted by atomic mass is 9.95. The first-order valence-electron chi connectivity index (χ1n) is 16.0. The Bertz CT molecular complexity index is 2130. The number of ether oxygens (including phenoxy) is 1. The second kappa shape index (κ2) is 11.2. The number of anilines is 1. The quantitative estimate of drug-likeness (QED) is 0.297.